The Hall–Kier alpha value is -3.07. The number of thiophene rings is 1. The minimum Gasteiger partial charge on any atom is -0.455 e. The van der Waals surface area contributed by atoms with Crippen LogP contribution in [0.5, 0.6) is 0 Å². The summed E-state index contributed by atoms with van der Waals surface area (Å²) >= 11 is 1.49. The van der Waals surface area contributed by atoms with Gasteiger partial charge in [0, 0.05) is 6.54 Å². The summed E-state index contributed by atoms with van der Waals surface area (Å²) in [6.07, 6.45) is 3.74. The van der Waals surface area contributed by atoms with Crippen LogP contribution < -0.4 is 0 Å². The van der Waals surface area contributed by atoms with Crippen molar-refractivity contribution in [3.8, 4) is 10.8 Å². The number of hydrogen-bond acceptors (Lipinski definition) is 7. The Bertz CT molecular complexity index is 1080. The lowest BCUT2D eigenvalue weighted by atomic mass is 9.79. The number of esters is 1. The second-order valence-electron chi connectivity index (χ2n) is 8.17. The average molecular weight is 472 g/mol. The standard InChI is InChI=1S/C24H26FN3O4S/c1-2-13-28(15-20-26-27-22(32-20)19-6-5-14-33-19)21(29)16-31-23(30)24(11-3-4-12-24)17-7-9-18(25)10-8-17/h5-10,14H,2-4,11-13,15-16H2,1H3. The van der Waals surface area contributed by atoms with E-state index < -0.39 is 11.4 Å². The van der Waals surface area contributed by atoms with Crippen molar-refractivity contribution in [2.45, 2.75) is 51.0 Å². The van der Waals surface area contributed by atoms with E-state index in [1.165, 1.54) is 23.5 Å². The predicted molar refractivity (Wildman–Crippen MR) is 121 cm³/mol. The lowest BCUT2D eigenvalue weighted by molar-refractivity contribution is -0.157. The monoisotopic (exact) mass is 471 g/mol. The highest BCUT2D eigenvalue weighted by Gasteiger charge is 2.44. The van der Waals surface area contributed by atoms with Crippen LogP contribution in [0.25, 0.3) is 10.8 Å². The number of halogens is 1. The fourth-order valence-corrected chi connectivity index (χ4v) is 4.90. The van der Waals surface area contributed by atoms with Gasteiger partial charge in [0.05, 0.1) is 16.8 Å². The van der Waals surface area contributed by atoms with E-state index in [4.69, 9.17) is 9.15 Å². The number of hydrogen-bond donors (Lipinski definition) is 0. The number of carbonyl (C=O) groups is 2. The maximum atomic E-state index is 13.4. The molecule has 0 unspecified atom stereocenters. The maximum Gasteiger partial charge on any atom is 0.317 e. The van der Waals surface area contributed by atoms with Crippen molar-refractivity contribution in [1.82, 2.24) is 15.1 Å². The van der Waals surface area contributed by atoms with Gasteiger partial charge in [-0.15, -0.1) is 21.5 Å². The summed E-state index contributed by atoms with van der Waals surface area (Å²) in [7, 11) is 0. The number of ether oxygens (including phenoxy) is 1. The van der Waals surface area contributed by atoms with Crippen molar-refractivity contribution >= 4 is 23.2 Å². The molecule has 4 rings (SSSR count). The minimum atomic E-state index is -0.828. The lowest BCUT2D eigenvalue weighted by Crippen LogP contribution is -2.39. The van der Waals surface area contributed by atoms with Crippen LogP contribution in [0.4, 0.5) is 4.39 Å². The molecule has 1 aliphatic carbocycles. The van der Waals surface area contributed by atoms with Crippen LogP contribution in [0.1, 0.15) is 50.5 Å². The van der Waals surface area contributed by atoms with Crippen LogP contribution in [0.15, 0.2) is 46.2 Å². The van der Waals surface area contributed by atoms with Crippen LogP contribution in [-0.4, -0.2) is 40.1 Å². The number of benzene rings is 1. The van der Waals surface area contributed by atoms with E-state index in [0.717, 1.165) is 29.7 Å². The topological polar surface area (TPSA) is 85.5 Å². The second-order valence-corrected chi connectivity index (χ2v) is 9.11. The minimum absolute atomic E-state index is 0.145. The van der Waals surface area contributed by atoms with Crippen molar-refractivity contribution in [3.63, 3.8) is 0 Å². The van der Waals surface area contributed by atoms with Crippen LogP contribution in [0, 0.1) is 5.82 Å². The fourth-order valence-electron chi connectivity index (χ4n) is 4.26. The van der Waals surface area contributed by atoms with Crippen molar-refractivity contribution < 1.29 is 23.1 Å². The lowest BCUT2D eigenvalue weighted by Gasteiger charge is -2.28. The molecule has 174 valence electrons. The van der Waals surface area contributed by atoms with Gasteiger partial charge in [0.25, 0.3) is 11.8 Å². The first kappa shape index (κ1) is 23.1. The van der Waals surface area contributed by atoms with Crippen LogP contribution in [0.2, 0.25) is 0 Å². The number of rotatable bonds is 9. The third-order valence-corrected chi connectivity index (χ3v) is 6.80. The first-order chi connectivity index (χ1) is 16.0. The molecule has 1 fully saturated rings. The molecule has 1 aromatic carbocycles. The molecule has 0 saturated heterocycles. The molecular weight excluding hydrogens is 445 g/mol. The van der Waals surface area contributed by atoms with Gasteiger partial charge in [-0.2, -0.15) is 0 Å². The third-order valence-electron chi connectivity index (χ3n) is 5.94. The largest absolute Gasteiger partial charge is 0.455 e. The van der Waals surface area contributed by atoms with E-state index in [2.05, 4.69) is 10.2 Å². The molecule has 1 amide bonds. The van der Waals surface area contributed by atoms with Gasteiger partial charge in [-0.1, -0.05) is 38.0 Å². The summed E-state index contributed by atoms with van der Waals surface area (Å²) in [5.41, 5.74) is -0.0951. The highest BCUT2D eigenvalue weighted by Crippen LogP contribution is 2.42. The van der Waals surface area contributed by atoms with Gasteiger partial charge < -0.3 is 14.1 Å². The van der Waals surface area contributed by atoms with E-state index in [0.29, 0.717) is 31.2 Å². The zero-order valence-corrected chi connectivity index (χ0v) is 19.3. The van der Waals surface area contributed by atoms with Gasteiger partial charge in [-0.3, -0.25) is 9.59 Å². The molecule has 7 nitrogen and oxygen atoms in total. The van der Waals surface area contributed by atoms with E-state index in [-0.39, 0.29) is 24.9 Å². The molecule has 3 aromatic rings. The molecule has 0 atom stereocenters. The summed E-state index contributed by atoms with van der Waals surface area (Å²) < 4.78 is 24.6. The Morgan fingerprint density at radius 2 is 1.94 bits per heavy atom. The Balaban J connectivity index is 1.41. The van der Waals surface area contributed by atoms with Crippen LogP contribution in [-0.2, 0) is 26.3 Å². The van der Waals surface area contributed by atoms with E-state index >= 15 is 0 Å². The third kappa shape index (κ3) is 5.13. The van der Waals surface area contributed by atoms with Crippen molar-refractivity contribution in [3.05, 3.63) is 59.0 Å². The van der Waals surface area contributed by atoms with Gasteiger partial charge in [0.2, 0.25) is 5.89 Å². The summed E-state index contributed by atoms with van der Waals surface area (Å²) in [6, 6.07) is 9.75. The zero-order valence-electron chi connectivity index (χ0n) is 18.5. The Kier molecular flexibility index (Phi) is 7.17. The molecule has 2 aromatic heterocycles. The average Bonchev–Trinajstić information content (AvgIpc) is 3.59. The van der Waals surface area contributed by atoms with Gasteiger partial charge in [-0.05, 0) is 48.4 Å². The van der Waals surface area contributed by atoms with Gasteiger partial charge >= 0.3 is 5.97 Å². The number of carbonyl (C=O) groups excluding carboxylic acids is 2. The van der Waals surface area contributed by atoms with Crippen LogP contribution >= 0.6 is 11.3 Å². The molecule has 0 bridgehead atoms. The Labute approximate surface area is 195 Å². The van der Waals surface area contributed by atoms with E-state index in [9.17, 15) is 14.0 Å². The molecule has 2 heterocycles. The molecular formula is C24H26FN3O4S. The smallest absolute Gasteiger partial charge is 0.317 e. The summed E-state index contributed by atoms with van der Waals surface area (Å²) in [5, 5.41) is 10.0. The molecule has 1 saturated carbocycles. The summed E-state index contributed by atoms with van der Waals surface area (Å²) in [5.74, 6) is -0.376. The first-order valence-corrected chi connectivity index (χ1v) is 12.0. The zero-order chi connectivity index (χ0) is 23.3. The van der Waals surface area contributed by atoms with E-state index in [1.54, 1.807) is 17.0 Å². The fraction of sp³-hybridized carbons (Fsp3) is 0.417. The molecule has 9 heteroatoms. The SMILES string of the molecule is CCCN(Cc1nnc(-c2cccs2)o1)C(=O)COC(=O)C1(c2ccc(F)cc2)CCCC1. The number of amides is 1. The van der Waals surface area contributed by atoms with Crippen molar-refractivity contribution in [2.24, 2.45) is 0 Å². The van der Waals surface area contributed by atoms with E-state index in [1.807, 2.05) is 24.4 Å². The first-order valence-electron chi connectivity index (χ1n) is 11.1. The summed E-state index contributed by atoms with van der Waals surface area (Å²) in [6.45, 7) is 2.20. The second kappa shape index (κ2) is 10.2. The van der Waals surface area contributed by atoms with Gasteiger partial charge in [-0.25, -0.2) is 4.39 Å². The van der Waals surface area contributed by atoms with Crippen molar-refractivity contribution in [1.29, 1.82) is 0 Å². The molecule has 0 N–H and O–H groups in total. The molecule has 33 heavy (non-hydrogen) atoms. The molecule has 0 aliphatic heterocycles. The highest BCUT2D eigenvalue weighted by molar-refractivity contribution is 7.13. The van der Waals surface area contributed by atoms with Gasteiger partial charge in [0.15, 0.2) is 6.61 Å². The molecule has 0 radical (unpaired) electrons. The highest BCUT2D eigenvalue weighted by atomic mass is 32.1. The molecule has 0 spiro atoms. The quantitative estimate of drug-likeness (QED) is 0.420. The predicted octanol–water partition coefficient (Wildman–Crippen LogP) is 4.73. The Morgan fingerprint density at radius 1 is 1.18 bits per heavy atom. The molecule has 1 aliphatic rings. The van der Waals surface area contributed by atoms with Crippen molar-refractivity contribution in [2.75, 3.05) is 13.2 Å². The summed E-state index contributed by atoms with van der Waals surface area (Å²) in [4.78, 5) is 28.4. The van der Waals surface area contributed by atoms with Crippen LogP contribution in [0.3, 0.4) is 0 Å². The number of aromatic nitrogens is 2. The number of nitrogens with zero attached hydrogens (tertiary/aromatic N) is 3. The maximum absolute atomic E-state index is 13.4. The van der Waals surface area contributed by atoms with Gasteiger partial charge in [0.1, 0.15) is 5.82 Å². The normalized spacial score (nSPS) is 14.8. The Morgan fingerprint density at radius 3 is 2.61 bits per heavy atom.